The Bertz CT molecular complexity index is 610. The van der Waals surface area contributed by atoms with Gasteiger partial charge in [-0.15, -0.1) is 0 Å². The lowest BCUT2D eigenvalue weighted by molar-refractivity contribution is -0.137. The van der Waals surface area contributed by atoms with Crippen molar-refractivity contribution >= 4 is 0 Å². The Morgan fingerprint density at radius 3 is 2.48 bits per heavy atom. The Kier molecular flexibility index (Phi) is 4.53. The molecule has 0 saturated carbocycles. The number of ether oxygens (including phenoxy) is 1. The lowest BCUT2D eigenvalue weighted by Gasteiger charge is -2.14. The molecule has 0 saturated heterocycles. The third-order valence-electron chi connectivity index (χ3n) is 3.23. The van der Waals surface area contributed by atoms with Gasteiger partial charge in [-0.3, -0.25) is 0 Å². The minimum atomic E-state index is -4.34. The van der Waals surface area contributed by atoms with Crippen molar-refractivity contribution in [2.45, 2.75) is 18.6 Å². The van der Waals surface area contributed by atoms with E-state index in [4.69, 9.17) is 10.5 Å². The summed E-state index contributed by atoms with van der Waals surface area (Å²) in [4.78, 5) is 0. The molecule has 1 atom stereocenters. The van der Waals surface area contributed by atoms with E-state index in [0.29, 0.717) is 17.7 Å². The third-order valence-corrected chi connectivity index (χ3v) is 3.23. The maximum atomic E-state index is 12.7. The number of nitrogens with two attached hydrogens (primary N) is 1. The van der Waals surface area contributed by atoms with Crippen molar-refractivity contribution in [1.29, 1.82) is 0 Å². The topological polar surface area (TPSA) is 35.2 Å². The average molecular weight is 295 g/mol. The van der Waals surface area contributed by atoms with Gasteiger partial charge in [0.1, 0.15) is 5.75 Å². The lowest BCUT2D eigenvalue weighted by atomic mass is 9.98. The minimum absolute atomic E-state index is 0.330. The SMILES string of the molecule is COc1cccc(C(N)Cc2cccc(C(F)(F)F)c2)c1. The molecule has 2 aromatic rings. The number of rotatable bonds is 4. The molecular weight excluding hydrogens is 279 g/mol. The maximum absolute atomic E-state index is 12.7. The van der Waals surface area contributed by atoms with E-state index in [0.717, 1.165) is 17.7 Å². The highest BCUT2D eigenvalue weighted by Crippen LogP contribution is 2.30. The smallest absolute Gasteiger partial charge is 0.416 e. The van der Waals surface area contributed by atoms with E-state index in [2.05, 4.69) is 0 Å². The van der Waals surface area contributed by atoms with Crippen LogP contribution in [0.3, 0.4) is 0 Å². The minimum Gasteiger partial charge on any atom is -0.497 e. The Morgan fingerprint density at radius 1 is 1.10 bits per heavy atom. The molecule has 0 fully saturated rings. The van der Waals surface area contributed by atoms with E-state index in [1.807, 2.05) is 6.07 Å². The predicted molar refractivity (Wildman–Crippen MR) is 75.1 cm³/mol. The fourth-order valence-corrected chi connectivity index (χ4v) is 2.12. The van der Waals surface area contributed by atoms with Crippen molar-refractivity contribution in [1.82, 2.24) is 0 Å². The van der Waals surface area contributed by atoms with Gasteiger partial charge in [-0.25, -0.2) is 0 Å². The summed E-state index contributed by atoms with van der Waals surface area (Å²) in [5.41, 5.74) is 6.80. The van der Waals surface area contributed by atoms with Crippen molar-refractivity contribution in [2.24, 2.45) is 5.73 Å². The van der Waals surface area contributed by atoms with Gasteiger partial charge in [0.2, 0.25) is 0 Å². The maximum Gasteiger partial charge on any atom is 0.416 e. The first kappa shape index (κ1) is 15.4. The fraction of sp³-hybridized carbons (Fsp3) is 0.250. The highest BCUT2D eigenvalue weighted by Gasteiger charge is 2.30. The molecule has 2 rings (SSSR count). The lowest BCUT2D eigenvalue weighted by Crippen LogP contribution is -2.14. The second-order valence-electron chi connectivity index (χ2n) is 4.79. The van der Waals surface area contributed by atoms with Crippen LogP contribution in [-0.4, -0.2) is 7.11 Å². The molecule has 21 heavy (non-hydrogen) atoms. The molecule has 0 aromatic heterocycles. The van der Waals surface area contributed by atoms with Crippen molar-refractivity contribution < 1.29 is 17.9 Å². The molecule has 2 aromatic carbocycles. The van der Waals surface area contributed by atoms with Gasteiger partial charge in [0.15, 0.2) is 0 Å². The summed E-state index contributed by atoms with van der Waals surface area (Å²) in [6.45, 7) is 0. The predicted octanol–water partition coefficient (Wildman–Crippen LogP) is 3.96. The first-order valence-corrected chi connectivity index (χ1v) is 6.46. The number of hydrogen-bond acceptors (Lipinski definition) is 2. The van der Waals surface area contributed by atoms with Gasteiger partial charge in [-0.05, 0) is 35.7 Å². The van der Waals surface area contributed by atoms with Gasteiger partial charge in [-0.1, -0.05) is 30.3 Å². The van der Waals surface area contributed by atoms with Crippen molar-refractivity contribution in [2.75, 3.05) is 7.11 Å². The highest BCUT2D eigenvalue weighted by atomic mass is 19.4. The van der Waals surface area contributed by atoms with Crippen LogP contribution >= 0.6 is 0 Å². The largest absolute Gasteiger partial charge is 0.497 e. The number of halogens is 3. The Morgan fingerprint density at radius 2 is 1.81 bits per heavy atom. The van der Waals surface area contributed by atoms with E-state index in [1.165, 1.54) is 6.07 Å². The molecule has 5 heteroatoms. The Balaban J connectivity index is 2.17. The molecular formula is C16H16F3NO. The van der Waals surface area contributed by atoms with Crippen molar-refractivity contribution in [3.8, 4) is 5.75 Å². The highest BCUT2D eigenvalue weighted by molar-refractivity contribution is 5.32. The molecule has 0 aliphatic rings. The molecule has 0 aliphatic carbocycles. The van der Waals surface area contributed by atoms with E-state index < -0.39 is 11.7 Å². The quantitative estimate of drug-likeness (QED) is 0.926. The average Bonchev–Trinajstić information content (AvgIpc) is 2.46. The van der Waals surface area contributed by atoms with Gasteiger partial charge in [0, 0.05) is 6.04 Å². The monoisotopic (exact) mass is 295 g/mol. The molecule has 112 valence electrons. The second-order valence-corrected chi connectivity index (χ2v) is 4.79. The van der Waals surface area contributed by atoms with Crippen LogP contribution in [0.15, 0.2) is 48.5 Å². The summed E-state index contributed by atoms with van der Waals surface area (Å²) in [5, 5.41) is 0. The zero-order chi connectivity index (χ0) is 15.5. The third kappa shape index (κ3) is 3.98. The normalized spacial score (nSPS) is 13.0. The molecule has 0 bridgehead atoms. The van der Waals surface area contributed by atoms with E-state index in [1.54, 1.807) is 31.4 Å². The molecule has 2 nitrogen and oxygen atoms in total. The van der Waals surface area contributed by atoms with Gasteiger partial charge < -0.3 is 10.5 Å². The van der Waals surface area contributed by atoms with Crippen LogP contribution in [0, 0.1) is 0 Å². The Labute approximate surface area is 121 Å². The van der Waals surface area contributed by atoms with Crippen LogP contribution in [0.25, 0.3) is 0 Å². The van der Waals surface area contributed by atoms with Crippen LogP contribution in [0.2, 0.25) is 0 Å². The van der Waals surface area contributed by atoms with Crippen LogP contribution in [0.1, 0.15) is 22.7 Å². The first-order valence-electron chi connectivity index (χ1n) is 6.46. The standard InChI is InChI=1S/C16H16F3NO/c1-21-14-7-3-5-12(10-14)15(20)9-11-4-2-6-13(8-11)16(17,18)19/h2-8,10,15H,9,20H2,1H3. The number of benzene rings is 2. The van der Waals surface area contributed by atoms with E-state index in [-0.39, 0.29) is 6.04 Å². The molecule has 0 aliphatic heterocycles. The Hall–Kier alpha value is -2.01. The summed E-state index contributed by atoms with van der Waals surface area (Å²) in [7, 11) is 1.55. The fourth-order valence-electron chi connectivity index (χ4n) is 2.12. The van der Waals surface area contributed by atoms with Crippen LogP contribution in [0.5, 0.6) is 5.75 Å². The van der Waals surface area contributed by atoms with Gasteiger partial charge in [0.05, 0.1) is 12.7 Å². The van der Waals surface area contributed by atoms with E-state index >= 15 is 0 Å². The second kappa shape index (κ2) is 6.18. The number of methoxy groups -OCH3 is 1. The molecule has 0 amide bonds. The molecule has 0 radical (unpaired) electrons. The van der Waals surface area contributed by atoms with Crippen LogP contribution in [-0.2, 0) is 12.6 Å². The number of hydrogen-bond donors (Lipinski definition) is 1. The first-order chi connectivity index (χ1) is 9.90. The number of alkyl halides is 3. The molecule has 0 spiro atoms. The molecule has 1 unspecified atom stereocenters. The molecule has 0 heterocycles. The summed E-state index contributed by atoms with van der Waals surface area (Å²) >= 11 is 0. The zero-order valence-electron chi connectivity index (χ0n) is 11.5. The molecule has 2 N–H and O–H groups in total. The van der Waals surface area contributed by atoms with E-state index in [9.17, 15) is 13.2 Å². The van der Waals surface area contributed by atoms with Gasteiger partial charge in [0.25, 0.3) is 0 Å². The van der Waals surface area contributed by atoms with Crippen LogP contribution in [0.4, 0.5) is 13.2 Å². The summed E-state index contributed by atoms with van der Waals surface area (Å²) in [6.07, 6.45) is -4.01. The summed E-state index contributed by atoms with van der Waals surface area (Å²) < 4.78 is 43.2. The summed E-state index contributed by atoms with van der Waals surface area (Å²) in [6, 6.07) is 12.1. The van der Waals surface area contributed by atoms with Crippen LogP contribution < -0.4 is 10.5 Å². The zero-order valence-corrected chi connectivity index (χ0v) is 11.5. The summed E-state index contributed by atoms with van der Waals surface area (Å²) in [5.74, 6) is 0.673. The van der Waals surface area contributed by atoms with Gasteiger partial charge in [-0.2, -0.15) is 13.2 Å². The van der Waals surface area contributed by atoms with Gasteiger partial charge >= 0.3 is 6.18 Å². The van der Waals surface area contributed by atoms with Crippen molar-refractivity contribution in [3.63, 3.8) is 0 Å². The van der Waals surface area contributed by atoms with Crippen molar-refractivity contribution in [3.05, 3.63) is 65.2 Å².